The summed E-state index contributed by atoms with van der Waals surface area (Å²) in [6, 6.07) is 8.08. The molecule has 0 spiro atoms. The summed E-state index contributed by atoms with van der Waals surface area (Å²) in [6.45, 7) is 2.06. The SMILES string of the molecule is Cc1ccccc1Nc1nnc(S[C@H]2CCCCC2=O)s1. The number of aryl methyl sites for hydroxylation is 1. The van der Waals surface area contributed by atoms with Gasteiger partial charge in [-0.3, -0.25) is 4.79 Å². The number of Topliss-reactive ketones (excluding diaryl/α,β-unsaturated/α-hetero) is 1. The van der Waals surface area contributed by atoms with Gasteiger partial charge >= 0.3 is 0 Å². The minimum Gasteiger partial charge on any atom is -0.330 e. The molecule has 0 saturated heterocycles. The molecule has 1 N–H and O–H groups in total. The van der Waals surface area contributed by atoms with Crippen LogP contribution in [-0.2, 0) is 4.79 Å². The fourth-order valence-corrected chi connectivity index (χ4v) is 4.47. The molecule has 1 fully saturated rings. The number of thioether (sulfide) groups is 1. The van der Waals surface area contributed by atoms with Crippen LogP contribution in [0.1, 0.15) is 31.2 Å². The van der Waals surface area contributed by atoms with Gasteiger partial charge < -0.3 is 5.32 Å². The van der Waals surface area contributed by atoms with Crippen molar-refractivity contribution in [3.8, 4) is 0 Å². The largest absolute Gasteiger partial charge is 0.330 e. The van der Waals surface area contributed by atoms with Crippen molar-refractivity contribution < 1.29 is 4.79 Å². The van der Waals surface area contributed by atoms with Crippen LogP contribution in [0.2, 0.25) is 0 Å². The lowest BCUT2D eigenvalue weighted by Gasteiger charge is -2.17. The number of ketones is 1. The first-order chi connectivity index (χ1) is 10.2. The summed E-state index contributed by atoms with van der Waals surface area (Å²) in [6.07, 6.45) is 3.84. The molecule has 21 heavy (non-hydrogen) atoms. The number of nitrogens with zero attached hydrogens (tertiary/aromatic N) is 2. The van der Waals surface area contributed by atoms with E-state index in [1.165, 1.54) is 16.9 Å². The van der Waals surface area contributed by atoms with Gasteiger partial charge in [0.05, 0.1) is 5.25 Å². The van der Waals surface area contributed by atoms with Crippen molar-refractivity contribution in [2.75, 3.05) is 5.32 Å². The van der Waals surface area contributed by atoms with Crippen LogP contribution in [0.25, 0.3) is 0 Å². The summed E-state index contributed by atoms with van der Waals surface area (Å²) >= 11 is 3.07. The molecule has 1 aromatic carbocycles. The van der Waals surface area contributed by atoms with Gasteiger partial charge in [0.1, 0.15) is 5.78 Å². The Kier molecular flexibility index (Phi) is 4.55. The fourth-order valence-electron chi connectivity index (χ4n) is 2.33. The second-order valence-corrected chi connectivity index (χ2v) is 7.56. The number of rotatable bonds is 4. The Morgan fingerprint density at radius 1 is 1.29 bits per heavy atom. The van der Waals surface area contributed by atoms with E-state index in [0.717, 1.165) is 34.4 Å². The maximum atomic E-state index is 11.9. The van der Waals surface area contributed by atoms with Crippen molar-refractivity contribution in [1.82, 2.24) is 10.2 Å². The molecule has 0 radical (unpaired) electrons. The fraction of sp³-hybridized carbons (Fsp3) is 0.400. The van der Waals surface area contributed by atoms with E-state index in [-0.39, 0.29) is 5.25 Å². The number of benzene rings is 1. The van der Waals surface area contributed by atoms with Crippen LogP contribution in [0.4, 0.5) is 10.8 Å². The summed E-state index contributed by atoms with van der Waals surface area (Å²) in [7, 11) is 0. The van der Waals surface area contributed by atoms with E-state index in [0.29, 0.717) is 12.2 Å². The molecule has 0 amide bonds. The Balaban J connectivity index is 1.66. The number of carbonyl (C=O) groups is 1. The van der Waals surface area contributed by atoms with Crippen LogP contribution in [0.3, 0.4) is 0 Å². The molecule has 0 bridgehead atoms. The van der Waals surface area contributed by atoms with Crippen LogP contribution in [0.15, 0.2) is 28.6 Å². The van der Waals surface area contributed by atoms with E-state index >= 15 is 0 Å². The van der Waals surface area contributed by atoms with Gasteiger partial charge in [0, 0.05) is 12.1 Å². The van der Waals surface area contributed by atoms with E-state index < -0.39 is 0 Å². The molecule has 1 heterocycles. The monoisotopic (exact) mass is 319 g/mol. The molecular weight excluding hydrogens is 302 g/mol. The van der Waals surface area contributed by atoms with Gasteiger partial charge in [-0.25, -0.2) is 0 Å². The van der Waals surface area contributed by atoms with Crippen molar-refractivity contribution >= 4 is 39.7 Å². The molecule has 2 aromatic rings. The average Bonchev–Trinajstić information content (AvgIpc) is 2.91. The van der Waals surface area contributed by atoms with Crippen LogP contribution in [0, 0.1) is 6.92 Å². The summed E-state index contributed by atoms with van der Waals surface area (Å²) in [5.74, 6) is 0.356. The Labute approximate surface area is 132 Å². The van der Waals surface area contributed by atoms with Crippen molar-refractivity contribution in [3.63, 3.8) is 0 Å². The molecule has 1 aromatic heterocycles. The first-order valence-electron chi connectivity index (χ1n) is 7.08. The minimum atomic E-state index is 0.0676. The van der Waals surface area contributed by atoms with E-state index in [4.69, 9.17) is 0 Å². The second kappa shape index (κ2) is 6.58. The normalized spacial score (nSPS) is 18.7. The van der Waals surface area contributed by atoms with E-state index in [1.54, 1.807) is 11.8 Å². The molecule has 110 valence electrons. The maximum Gasteiger partial charge on any atom is 0.210 e. The third-order valence-corrected chi connectivity index (χ3v) is 5.77. The average molecular weight is 319 g/mol. The smallest absolute Gasteiger partial charge is 0.210 e. The van der Waals surface area contributed by atoms with Crippen molar-refractivity contribution in [3.05, 3.63) is 29.8 Å². The summed E-state index contributed by atoms with van der Waals surface area (Å²) in [5, 5.41) is 12.5. The van der Waals surface area contributed by atoms with Crippen LogP contribution in [-0.4, -0.2) is 21.2 Å². The number of nitrogens with one attached hydrogen (secondary N) is 1. The summed E-state index contributed by atoms with van der Waals surface area (Å²) in [4.78, 5) is 11.9. The van der Waals surface area contributed by atoms with E-state index in [2.05, 4.69) is 28.5 Å². The van der Waals surface area contributed by atoms with Gasteiger partial charge in [-0.15, -0.1) is 10.2 Å². The van der Waals surface area contributed by atoms with Crippen molar-refractivity contribution in [2.45, 2.75) is 42.2 Å². The van der Waals surface area contributed by atoms with Crippen LogP contribution < -0.4 is 5.32 Å². The molecule has 0 unspecified atom stereocenters. The molecule has 4 nitrogen and oxygen atoms in total. The second-order valence-electron chi connectivity index (χ2n) is 5.13. The van der Waals surface area contributed by atoms with Gasteiger partial charge in [-0.1, -0.05) is 47.7 Å². The highest BCUT2D eigenvalue weighted by Crippen LogP contribution is 2.35. The van der Waals surface area contributed by atoms with Crippen LogP contribution in [0.5, 0.6) is 0 Å². The predicted octanol–water partition coefficient (Wildman–Crippen LogP) is 4.19. The number of aromatic nitrogens is 2. The summed E-state index contributed by atoms with van der Waals surface area (Å²) in [5.41, 5.74) is 2.21. The highest BCUT2D eigenvalue weighted by Gasteiger charge is 2.24. The number of hydrogen-bond acceptors (Lipinski definition) is 6. The lowest BCUT2D eigenvalue weighted by Crippen LogP contribution is -2.21. The molecule has 1 saturated carbocycles. The Bertz CT molecular complexity index is 641. The third-order valence-electron chi connectivity index (χ3n) is 3.53. The zero-order valence-corrected chi connectivity index (χ0v) is 13.5. The van der Waals surface area contributed by atoms with Crippen molar-refractivity contribution in [2.24, 2.45) is 0 Å². The molecule has 0 aliphatic heterocycles. The minimum absolute atomic E-state index is 0.0676. The zero-order valence-electron chi connectivity index (χ0n) is 11.8. The Morgan fingerprint density at radius 3 is 2.95 bits per heavy atom. The van der Waals surface area contributed by atoms with E-state index in [1.807, 2.05) is 18.2 Å². The molecule has 1 aliphatic carbocycles. The van der Waals surface area contributed by atoms with E-state index in [9.17, 15) is 4.79 Å². The first kappa shape index (κ1) is 14.5. The molecule has 1 atom stereocenters. The maximum absolute atomic E-state index is 11.9. The highest BCUT2D eigenvalue weighted by molar-refractivity contribution is 8.02. The zero-order chi connectivity index (χ0) is 14.7. The third kappa shape index (κ3) is 3.63. The molecule has 6 heteroatoms. The topological polar surface area (TPSA) is 54.9 Å². The lowest BCUT2D eigenvalue weighted by molar-refractivity contribution is -0.119. The first-order valence-corrected chi connectivity index (χ1v) is 8.77. The number of hydrogen-bond donors (Lipinski definition) is 1. The standard InChI is InChI=1S/C15H17N3OS2/c1-10-6-2-3-7-11(10)16-14-17-18-15(21-14)20-13-9-5-4-8-12(13)19/h2-3,6-7,13H,4-5,8-9H2,1H3,(H,16,17)/t13-/m0/s1. The number of carbonyl (C=O) groups excluding carboxylic acids is 1. The number of anilines is 2. The quantitative estimate of drug-likeness (QED) is 0.915. The van der Waals surface area contributed by atoms with Gasteiger partial charge in [-0.05, 0) is 31.4 Å². The van der Waals surface area contributed by atoms with Gasteiger partial charge in [-0.2, -0.15) is 0 Å². The highest BCUT2D eigenvalue weighted by atomic mass is 32.2. The number of para-hydroxylation sites is 1. The summed E-state index contributed by atoms with van der Waals surface area (Å²) < 4.78 is 0.867. The Hall–Kier alpha value is -1.40. The molecule has 3 rings (SSSR count). The van der Waals surface area contributed by atoms with Gasteiger partial charge in [0.25, 0.3) is 0 Å². The predicted molar refractivity (Wildman–Crippen MR) is 87.5 cm³/mol. The van der Waals surface area contributed by atoms with Crippen LogP contribution >= 0.6 is 23.1 Å². The lowest BCUT2D eigenvalue weighted by atomic mass is 9.99. The molecular formula is C15H17N3OS2. The van der Waals surface area contributed by atoms with Gasteiger partial charge in [0.15, 0.2) is 4.34 Å². The van der Waals surface area contributed by atoms with Crippen molar-refractivity contribution in [1.29, 1.82) is 0 Å². The molecule has 1 aliphatic rings. The van der Waals surface area contributed by atoms with Gasteiger partial charge in [0.2, 0.25) is 5.13 Å². The Morgan fingerprint density at radius 2 is 2.14 bits per heavy atom.